The monoisotopic (exact) mass is 388 g/mol. The van der Waals surface area contributed by atoms with Gasteiger partial charge in [0, 0.05) is 5.02 Å². The zero-order valence-corrected chi connectivity index (χ0v) is 15.8. The average molecular weight is 389 g/mol. The third kappa shape index (κ3) is 3.62. The molecule has 1 saturated carbocycles. The number of carbonyl (C=O) groups is 3. The van der Waals surface area contributed by atoms with Crippen molar-refractivity contribution in [2.24, 2.45) is 0 Å². The minimum absolute atomic E-state index is 0.419. The normalized spacial score (nSPS) is 24.3. The van der Waals surface area contributed by atoms with Gasteiger partial charge >= 0.3 is 6.03 Å². The standard InChI is InChI=1S/C19H21ClN4O3/c1-18(13-5-7-14(20)8-6-13)16(26)24(17(27)23-18)11-15(25)22-19(12-21)9-3-2-4-10-19/h5-8H,2-4,9-11H2,1H3,(H,22,25)(H,23,27)/t18-/m0/s1. The number of halogens is 1. The number of imide groups is 1. The lowest BCUT2D eigenvalue weighted by atomic mass is 9.83. The summed E-state index contributed by atoms with van der Waals surface area (Å²) in [5, 5.41) is 15.4. The molecule has 2 N–H and O–H groups in total. The molecule has 1 heterocycles. The van der Waals surface area contributed by atoms with Crippen LogP contribution >= 0.6 is 11.6 Å². The Labute approximate surface area is 162 Å². The third-order valence-electron chi connectivity index (χ3n) is 5.30. The molecule has 1 aliphatic carbocycles. The Morgan fingerprint density at radius 2 is 1.89 bits per heavy atom. The van der Waals surface area contributed by atoms with Crippen LogP contribution in [-0.2, 0) is 15.1 Å². The van der Waals surface area contributed by atoms with Crippen LogP contribution in [-0.4, -0.2) is 34.8 Å². The van der Waals surface area contributed by atoms with E-state index >= 15 is 0 Å². The summed E-state index contributed by atoms with van der Waals surface area (Å²) in [5.74, 6) is -1.03. The van der Waals surface area contributed by atoms with Gasteiger partial charge < -0.3 is 10.6 Å². The van der Waals surface area contributed by atoms with Gasteiger partial charge in [0.2, 0.25) is 5.91 Å². The predicted molar refractivity (Wildman–Crippen MR) is 98.6 cm³/mol. The van der Waals surface area contributed by atoms with E-state index in [0.717, 1.165) is 24.2 Å². The minimum atomic E-state index is -1.26. The fourth-order valence-electron chi connectivity index (χ4n) is 3.69. The molecule has 142 valence electrons. The molecule has 7 nitrogen and oxygen atoms in total. The first kappa shape index (κ1) is 19.2. The number of rotatable bonds is 4. The molecule has 0 unspecified atom stereocenters. The number of nitrogens with one attached hydrogen (secondary N) is 2. The molecule has 1 aromatic carbocycles. The smallest absolute Gasteiger partial charge is 0.325 e. The van der Waals surface area contributed by atoms with Crippen molar-refractivity contribution in [3.05, 3.63) is 34.9 Å². The average Bonchev–Trinajstić information content (AvgIpc) is 2.87. The summed E-state index contributed by atoms with van der Waals surface area (Å²) in [6.07, 6.45) is 3.93. The number of urea groups is 1. The summed E-state index contributed by atoms with van der Waals surface area (Å²) in [6.45, 7) is 1.17. The second-order valence-corrected chi connectivity index (χ2v) is 7.69. The molecular formula is C19H21ClN4O3. The first-order valence-electron chi connectivity index (χ1n) is 8.92. The molecule has 2 aliphatic rings. The maximum absolute atomic E-state index is 12.9. The van der Waals surface area contributed by atoms with Crippen LogP contribution in [0.1, 0.15) is 44.6 Å². The van der Waals surface area contributed by atoms with Crippen LogP contribution in [0, 0.1) is 11.3 Å². The van der Waals surface area contributed by atoms with Crippen LogP contribution < -0.4 is 10.6 Å². The molecule has 0 spiro atoms. The molecule has 0 radical (unpaired) electrons. The van der Waals surface area contributed by atoms with Gasteiger partial charge in [-0.15, -0.1) is 0 Å². The third-order valence-corrected chi connectivity index (χ3v) is 5.55. The van der Waals surface area contributed by atoms with E-state index in [2.05, 4.69) is 16.7 Å². The quantitative estimate of drug-likeness (QED) is 0.773. The summed E-state index contributed by atoms with van der Waals surface area (Å²) >= 11 is 5.88. The van der Waals surface area contributed by atoms with E-state index in [1.54, 1.807) is 31.2 Å². The van der Waals surface area contributed by atoms with Crippen molar-refractivity contribution in [2.45, 2.75) is 50.1 Å². The number of amides is 4. The van der Waals surface area contributed by atoms with E-state index in [1.165, 1.54) is 0 Å². The molecule has 1 saturated heterocycles. The van der Waals surface area contributed by atoms with E-state index in [4.69, 9.17) is 11.6 Å². The van der Waals surface area contributed by atoms with Crippen molar-refractivity contribution in [3.63, 3.8) is 0 Å². The topological polar surface area (TPSA) is 102 Å². The van der Waals surface area contributed by atoms with Crippen molar-refractivity contribution in [3.8, 4) is 6.07 Å². The predicted octanol–water partition coefficient (Wildman–Crippen LogP) is 2.45. The Hall–Kier alpha value is -2.59. The van der Waals surface area contributed by atoms with E-state index in [9.17, 15) is 19.6 Å². The Morgan fingerprint density at radius 1 is 1.26 bits per heavy atom. The van der Waals surface area contributed by atoms with Gasteiger partial charge in [-0.2, -0.15) is 5.26 Å². The van der Waals surface area contributed by atoms with Gasteiger partial charge in [-0.25, -0.2) is 4.79 Å². The SMILES string of the molecule is C[C@@]1(c2ccc(Cl)cc2)NC(=O)N(CC(=O)NC2(C#N)CCCCC2)C1=O. The highest BCUT2D eigenvalue weighted by Crippen LogP contribution is 2.30. The summed E-state index contributed by atoms with van der Waals surface area (Å²) in [5.41, 5.74) is -1.60. The molecule has 8 heteroatoms. The highest BCUT2D eigenvalue weighted by Gasteiger charge is 2.49. The second-order valence-electron chi connectivity index (χ2n) is 7.26. The summed E-state index contributed by atoms with van der Waals surface area (Å²) < 4.78 is 0. The number of hydrogen-bond acceptors (Lipinski definition) is 4. The van der Waals surface area contributed by atoms with Gasteiger partial charge in [-0.05, 0) is 37.5 Å². The second kappa shape index (κ2) is 7.20. The highest BCUT2D eigenvalue weighted by molar-refractivity contribution is 6.30. The number of hydrogen-bond donors (Lipinski definition) is 2. The zero-order valence-electron chi connectivity index (χ0n) is 15.0. The fourth-order valence-corrected chi connectivity index (χ4v) is 3.82. The van der Waals surface area contributed by atoms with E-state index in [-0.39, 0.29) is 0 Å². The van der Waals surface area contributed by atoms with Gasteiger partial charge in [-0.1, -0.05) is 43.0 Å². The van der Waals surface area contributed by atoms with E-state index in [1.807, 2.05) is 0 Å². The van der Waals surface area contributed by atoms with E-state index < -0.39 is 35.5 Å². The maximum Gasteiger partial charge on any atom is 0.325 e. The molecule has 0 bridgehead atoms. The molecular weight excluding hydrogens is 368 g/mol. The van der Waals surface area contributed by atoms with Crippen molar-refractivity contribution in [1.82, 2.24) is 15.5 Å². The van der Waals surface area contributed by atoms with Crippen LogP contribution in [0.5, 0.6) is 0 Å². The molecule has 3 rings (SSSR count). The fraction of sp³-hybridized carbons (Fsp3) is 0.474. The highest BCUT2D eigenvalue weighted by atomic mass is 35.5. The minimum Gasteiger partial charge on any atom is -0.336 e. The van der Waals surface area contributed by atoms with Crippen molar-refractivity contribution >= 4 is 29.4 Å². The zero-order chi connectivity index (χ0) is 19.7. The van der Waals surface area contributed by atoms with Crippen LogP contribution in [0.25, 0.3) is 0 Å². The van der Waals surface area contributed by atoms with Gasteiger partial charge in [-0.3, -0.25) is 14.5 Å². The maximum atomic E-state index is 12.9. The Bertz CT molecular complexity index is 811. The van der Waals surface area contributed by atoms with Gasteiger partial charge in [0.1, 0.15) is 17.6 Å². The molecule has 4 amide bonds. The van der Waals surface area contributed by atoms with Gasteiger partial charge in [0.15, 0.2) is 0 Å². The van der Waals surface area contributed by atoms with Crippen LogP contribution in [0.4, 0.5) is 4.79 Å². The van der Waals surface area contributed by atoms with Crippen LogP contribution in [0.2, 0.25) is 5.02 Å². The van der Waals surface area contributed by atoms with E-state index in [0.29, 0.717) is 23.4 Å². The first-order valence-corrected chi connectivity index (χ1v) is 9.30. The number of nitriles is 1. The van der Waals surface area contributed by atoms with Crippen LogP contribution in [0.3, 0.4) is 0 Å². The lowest BCUT2D eigenvalue weighted by Gasteiger charge is -2.32. The molecule has 1 atom stereocenters. The first-order chi connectivity index (χ1) is 12.8. The summed E-state index contributed by atoms with van der Waals surface area (Å²) in [7, 11) is 0. The number of carbonyl (C=O) groups excluding carboxylic acids is 3. The van der Waals surface area contributed by atoms with Crippen molar-refractivity contribution in [2.75, 3.05) is 6.54 Å². The van der Waals surface area contributed by atoms with Gasteiger partial charge in [0.25, 0.3) is 5.91 Å². The van der Waals surface area contributed by atoms with Crippen LogP contribution in [0.15, 0.2) is 24.3 Å². The molecule has 1 aliphatic heterocycles. The molecule has 27 heavy (non-hydrogen) atoms. The largest absolute Gasteiger partial charge is 0.336 e. The summed E-state index contributed by atoms with van der Waals surface area (Å²) in [6, 6.07) is 8.16. The molecule has 2 fully saturated rings. The lowest BCUT2D eigenvalue weighted by molar-refractivity contribution is -0.135. The number of benzene rings is 1. The van der Waals surface area contributed by atoms with Gasteiger partial charge in [0.05, 0.1) is 6.07 Å². The van der Waals surface area contributed by atoms with Crippen molar-refractivity contribution in [1.29, 1.82) is 5.26 Å². The lowest BCUT2D eigenvalue weighted by Crippen LogP contribution is -2.52. The number of nitrogens with zero attached hydrogens (tertiary/aromatic N) is 2. The molecule has 0 aromatic heterocycles. The Morgan fingerprint density at radius 3 is 2.48 bits per heavy atom. The molecule has 1 aromatic rings. The Balaban J connectivity index is 1.73. The Kier molecular flexibility index (Phi) is 5.11. The van der Waals surface area contributed by atoms with Crippen molar-refractivity contribution < 1.29 is 14.4 Å². The summed E-state index contributed by atoms with van der Waals surface area (Å²) in [4.78, 5) is 38.6.